The van der Waals surface area contributed by atoms with E-state index in [1.165, 1.54) is 19.1 Å². The van der Waals surface area contributed by atoms with Gasteiger partial charge in [-0.2, -0.15) is 0 Å². The molecule has 0 spiro atoms. The SMILES string of the molecule is CC(=O)SCCC(O)C(O)c1ccc(N)c(F)c1Cl. The van der Waals surface area contributed by atoms with Gasteiger partial charge in [-0.15, -0.1) is 0 Å². The zero-order valence-electron chi connectivity index (χ0n) is 10.3. The standard InChI is InChI=1S/C12H15ClFNO3S/c1-6(16)19-5-4-9(17)12(18)7-2-3-8(15)11(14)10(7)13/h2-3,9,12,17-18H,4-5,15H2,1H3. The normalized spacial score (nSPS) is 14.2. The number of thioether (sulfide) groups is 1. The van der Waals surface area contributed by atoms with E-state index in [1.807, 2.05) is 0 Å². The number of anilines is 1. The van der Waals surface area contributed by atoms with Gasteiger partial charge in [0.25, 0.3) is 0 Å². The maximum Gasteiger partial charge on any atom is 0.185 e. The summed E-state index contributed by atoms with van der Waals surface area (Å²) < 4.78 is 13.5. The first kappa shape index (κ1) is 16.2. The second-order valence-corrected chi connectivity index (χ2v) is 5.66. The van der Waals surface area contributed by atoms with Crippen molar-refractivity contribution < 1.29 is 19.4 Å². The van der Waals surface area contributed by atoms with Crippen LogP contribution in [0.5, 0.6) is 0 Å². The number of aliphatic hydroxyl groups excluding tert-OH is 2. The van der Waals surface area contributed by atoms with Crippen molar-refractivity contribution >= 4 is 34.2 Å². The summed E-state index contributed by atoms with van der Waals surface area (Å²) in [4.78, 5) is 10.7. The predicted molar refractivity (Wildman–Crippen MR) is 74.5 cm³/mol. The smallest absolute Gasteiger partial charge is 0.185 e. The third-order valence-corrected chi connectivity index (χ3v) is 3.77. The van der Waals surface area contributed by atoms with Crippen LogP contribution in [0.25, 0.3) is 0 Å². The molecule has 0 amide bonds. The molecule has 7 heteroatoms. The topological polar surface area (TPSA) is 83.5 Å². The molecule has 2 unspecified atom stereocenters. The van der Waals surface area contributed by atoms with Gasteiger partial charge in [0, 0.05) is 18.2 Å². The number of rotatable bonds is 5. The molecule has 4 N–H and O–H groups in total. The summed E-state index contributed by atoms with van der Waals surface area (Å²) in [7, 11) is 0. The van der Waals surface area contributed by atoms with E-state index in [1.54, 1.807) is 0 Å². The zero-order valence-corrected chi connectivity index (χ0v) is 11.8. The molecule has 0 saturated heterocycles. The van der Waals surface area contributed by atoms with E-state index in [0.717, 1.165) is 11.8 Å². The number of hydrogen-bond acceptors (Lipinski definition) is 5. The van der Waals surface area contributed by atoms with Gasteiger partial charge in [0.05, 0.1) is 16.8 Å². The van der Waals surface area contributed by atoms with Crippen molar-refractivity contribution in [1.29, 1.82) is 0 Å². The number of halogens is 2. The summed E-state index contributed by atoms with van der Waals surface area (Å²) >= 11 is 6.78. The van der Waals surface area contributed by atoms with Crippen LogP contribution >= 0.6 is 23.4 Å². The minimum absolute atomic E-state index is 0.0711. The first-order valence-corrected chi connectivity index (χ1v) is 6.93. The van der Waals surface area contributed by atoms with Crippen LogP contribution in [-0.2, 0) is 4.79 Å². The first-order chi connectivity index (χ1) is 8.84. The average Bonchev–Trinajstić information content (AvgIpc) is 2.35. The molecule has 0 fully saturated rings. The summed E-state index contributed by atoms with van der Waals surface area (Å²) in [5, 5.41) is 19.3. The Morgan fingerprint density at radius 3 is 2.74 bits per heavy atom. The number of hydrogen-bond donors (Lipinski definition) is 3. The van der Waals surface area contributed by atoms with Crippen molar-refractivity contribution in [3.8, 4) is 0 Å². The van der Waals surface area contributed by atoms with Crippen LogP contribution in [0.4, 0.5) is 10.1 Å². The molecule has 2 atom stereocenters. The lowest BCUT2D eigenvalue weighted by Crippen LogP contribution is -2.20. The molecule has 0 aliphatic heterocycles. The Balaban J connectivity index is 2.74. The Kier molecular flexibility index (Phi) is 6.06. The van der Waals surface area contributed by atoms with Crippen molar-refractivity contribution in [2.75, 3.05) is 11.5 Å². The highest BCUT2D eigenvalue weighted by Gasteiger charge is 2.23. The molecule has 0 saturated carbocycles. The van der Waals surface area contributed by atoms with Crippen molar-refractivity contribution in [3.63, 3.8) is 0 Å². The third kappa shape index (κ3) is 4.35. The van der Waals surface area contributed by atoms with E-state index in [0.29, 0.717) is 5.75 Å². The lowest BCUT2D eigenvalue weighted by molar-refractivity contribution is -0.109. The van der Waals surface area contributed by atoms with Crippen LogP contribution in [0.15, 0.2) is 12.1 Å². The Morgan fingerprint density at radius 1 is 1.53 bits per heavy atom. The number of benzene rings is 1. The minimum Gasteiger partial charge on any atom is -0.396 e. The zero-order chi connectivity index (χ0) is 14.6. The highest BCUT2D eigenvalue weighted by Crippen LogP contribution is 2.31. The van der Waals surface area contributed by atoms with E-state index in [2.05, 4.69) is 0 Å². The van der Waals surface area contributed by atoms with Crippen LogP contribution in [0.3, 0.4) is 0 Å². The maximum absolute atomic E-state index is 13.5. The van der Waals surface area contributed by atoms with Crippen LogP contribution in [0.1, 0.15) is 25.0 Å². The molecule has 0 bridgehead atoms. The van der Waals surface area contributed by atoms with E-state index in [-0.39, 0.29) is 27.8 Å². The van der Waals surface area contributed by atoms with E-state index < -0.39 is 18.0 Å². The summed E-state index contributed by atoms with van der Waals surface area (Å²) in [5.41, 5.74) is 5.29. The lowest BCUT2D eigenvalue weighted by atomic mass is 10.0. The molecule has 0 aliphatic rings. The molecule has 4 nitrogen and oxygen atoms in total. The molecule has 0 aliphatic carbocycles. The van der Waals surface area contributed by atoms with E-state index >= 15 is 0 Å². The largest absolute Gasteiger partial charge is 0.396 e. The van der Waals surface area contributed by atoms with Crippen LogP contribution < -0.4 is 5.73 Å². The number of aliphatic hydroxyl groups is 2. The highest BCUT2D eigenvalue weighted by molar-refractivity contribution is 8.13. The number of carbonyl (C=O) groups excluding carboxylic acids is 1. The third-order valence-electron chi connectivity index (χ3n) is 2.54. The number of nitrogen functional groups attached to an aromatic ring is 1. The van der Waals surface area contributed by atoms with Crippen LogP contribution in [-0.4, -0.2) is 27.2 Å². The predicted octanol–water partition coefficient (Wildman–Crippen LogP) is 2.13. The van der Waals surface area contributed by atoms with E-state index in [4.69, 9.17) is 17.3 Å². The van der Waals surface area contributed by atoms with Crippen molar-refractivity contribution in [2.45, 2.75) is 25.6 Å². The second-order valence-electron chi connectivity index (χ2n) is 4.01. The lowest BCUT2D eigenvalue weighted by Gasteiger charge is -2.19. The highest BCUT2D eigenvalue weighted by atomic mass is 35.5. The summed E-state index contributed by atoms with van der Waals surface area (Å²) in [6, 6.07) is 2.64. The van der Waals surface area contributed by atoms with Crippen molar-refractivity contribution in [2.24, 2.45) is 0 Å². The summed E-state index contributed by atoms with van der Waals surface area (Å²) in [5.74, 6) is -0.452. The van der Waals surface area contributed by atoms with Gasteiger partial charge < -0.3 is 15.9 Å². The maximum atomic E-state index is 13.5. The fourth-order valence-electron chi connectivity index (χ4n) is 1.50. The number of nitrogens with two attached hydrogens (primary N) is 1. The molecule has 0 radical (unpaired) electrons. The summed E-state index contributed by atoms with van der Waals surface area (Å²) in [6.45, 7) is 1.42. The fraction of sp³-hybridized carbons (Fsp3) is 0.417. The Hall–Kier alpha value is -0.820. The van der Waals surface area contributed by atoms with Gasteiger partial charge in [-0.05, 0) is 12.5 Å². The minimum atomic E-state index is -1.32. The second kappa shape index (κ2) is 7.09. The van der Waals surface area contributed by atoms with Gasteiger partial charge in [-0.1, -0.05) is 29.4 Å². The molecule has 19 heavy (non-hydrogen) atoms. The molecule has 1 aromatic rings. The molecule has 0 aromatic heterocycles. The molecular weight excluding hydrogens is 293 g/mol. The van der Waals surface area contributed by atoms with Gasteiger partial charge in [0.15, 0.2) is 10.9 Å². The van der Waals surface area contributed by atoms with Gasteiger partial charge in [0.2, 0.25) is 0 Å². The molecule has 0 heterocycles. The Bertz CT molecular complexity index is 473. The van der Waals surface area contributed by atoms with Gasteiger partial charge in [-0.25, -0.2) is 4.39 Å². The van der Waals surface area contributed by atoms with Gasteiger partial charge in [-0.3, -0.25) is 4.79 Å². The van der Waals surface area contributed by atoms with Gasteiger partial charge >= 0.3 is 0 Å². The van der Waals surface area contributed by atoms with Gasteiger partial charge in [0.1, 0.15) is 6.10 Å². The summed E-state index contributed by atoms with van der Waals surface area (Å²) in [6.07, 6.45) is -2.27. The molecular formula is C12H15ClFNO3S. The van der Waals surface area contributed by atoms with Crippen molar-refractivity contribution in [1.82, 2.24) is 0 Å². The average molecular weight is 308 g/mol. The Labute approximate surface area is 119 Å². The van der Waals surface area contributed by atoms with E-state index in [9.17, 15) is 19.4 Å². The monoisotopic (exact) mass is 307 g/mol. The quantitative estimate of drug-likeness (QED) is 0.726. The Morgan fingerprint density at radius 2 is 2.16 bits per heavy atom. The van der Waals surface area contributed by atoms with Crippen molar-refractivity contribution in [3.05, 3.63) is 28.5 Å². The van der Waals surface area contributed by atoms with Crippen LogP contribution in [0.2, 0.25) is 5.02 Å². The molecule has 1 aromatic carbocycles. The molecule has 106 valence electrons. The van der Waals surface area contributed by atoms with Crippen LogP contribution in [0, 0.1) is 5.82 Å². The number of carbonyl (C=O) groups is 1. The molecule has 1 rings (SSSR count). The first-order valence-electron chi connectivity index (χ1n) is 5.57. The fourth-order valence-corrected chi connectivity index (χ4v) is 2.43.